The lowest BCUT2D eigenvalue weighted by atomic mass is 9.98. The molecule has 0 heterocycles. The van der Waals surface area contributed by atoms with E-state index in [-0.39, 0.29) is 0 Å². The van der Waals surface area contributed by atoms with Gasteiger partial charge in [-0.1, -0.05) is 18.2 Å². The van der Waals surface area contributed by atoms with Crippen molar-refractivity contribution in [3.8, 4) is 0 Å². The van der Waals surface area contributed by atoms with Crippen LogP contribution in [-0.4, -0.2) is 12.6 Å². The minimum absolute atomic E-state index is 0.840. The molecule has 0 saturated heterocycles. The largest absolute Gasteiger partial charge is 0.314 e. The lowest BCUT2D eigenvalue weighted by molar-refractivity contribution is 0.623. The Morgan fingerprint density at radius 3 is 2.50 bits per heavy atom. The summed E-state index contributed by atoms with van der Waals surface area (Å²) in [5.74, 6) is 1.74. The van der Waals surface area contributed by atoms with Crippen molar-refractivity contribution in [3.05, 3.63) is 34.9 Å². The van der Waals surface area contributed by atoms with Crippen molar-refractivity contribution in [2.45, 2.75) is 45.1 Å². The lowest BCUT2D eigenvalue weighted by Gasteiger charge is -2.09. The van der Waals surface area contributed by atoms with Crippen LogP contribution in [0.3, 0.4) is 0 Å². The molecule has 0 aromatic heterocycles. The van der Waals surface area contributed by atoms with Gasteiger partial charge in [0.1, 0.15) is 0 Å². The Kier molecular flexibility index (Phi) is 2.51. The van der Waals surface area contributed by atoms with Crippen LogP contribution in [0.1, 0.15) is 41.9 Å². The minimum atomic E-state index is 0.840. The Morgan fingerprint density at radius 2 is 1.88 bits per heavy atom. The smallest absolute Gasteiger partial charge is 0.00683 e. The van der Waals surface area contributed by atoms with E-state index in [0.29, 0.717) is 0 Å². The zero-order valence-electron chi connectivity index (χ0n) is 10.3. The maximum absolute atomic E-state index is 3.66. The first-order valence-corrected chi connectivity index (χ1v) is 6.55. The molecule has 2 aliphatic carbocycles. The predicted molar refractivity (Wildman–Crippen MR) is 67.8 cm³/mol. The van der Waals surface area contributed by atoms with Gasteiger partial charge in [0, 0.05) is 6.04 Å². The van der Waals surface area contributed by atoms with E-state index in [9.17, 15) is 0 Å². The summed E-state index contributed by atoms with van der Waals surface area (Å²) >= 11 is 0. The first-order valence-electron chi connectivity index (χ1n) is 6.55. The minimum Gasteiger partial charge on any atom is -0.314 e. The molecule has 2 saturated carbocycles. The van der Waals surface area contributed by atoms with Crippen LogP contribution < -0.4 is 5.32 Å². The van der Waals surface area contributed by atoms with E-state index in [1.165, 1.54) is 36.9 Å². The number of rotatable bonds is 4. The molecule has 0 aliphatic heterocycles. The molecule has 86 valence electrons. The highest BCUT2D eigenvalue weighted by molar-refractivity contribution is 5.40. The highest BCUT2D eigenvalue weighted by atomic mass is 15.0. The maximum Gasteiger partial charge on any atom is 0.00683 e. The van der Waals surface area contributed by atoms with Gasteiger partial charge in [-0.15, -0.1) is 0 Å². The Balaban J connectivity index is 1.65. The third kappa shape index (κ3) is 2.01. The molecular weight excluding hydrogens is 194 g/mol. The Labute approximate surface area is 98.3 Å². The number of benzene rings is 1. The van der Waals surface area contributed by atoms with Crippen molar-refractivity contribution in [3.63, 3.8) is 0 Å². The third-order valence-corrected chi connectivity index (χ3v) is 4.08. The monoisotopic (exact) mass is 215 g/mol. The van der Waals surface area contributed by atoms with Crippen molar-refractivity contribution in [2.75, 3.05) is 6.54 Å². The SMILES string of the molecule is Cc1cccc(C)c1C1CC1CNC1CC1. The summed E-state index contributed by atoms with van der Waals surface area (Å²) in [4.78, 5) is 0. The van der Waals surface area contributed by atoms with Gasteiger partial charge in [0.25, 0.3) is 0 Å². The Morgan fingerprint density at radius 1 is 1.19 bits per heavy atom. The molecule has 3 rings (SSSR count). The summed E-state index contributed by atoms with van der Waals surface area (Å²) in [7, 11) is 0. The summed E-state index contributed by atoms with van der Waals surface area (Å²) in [6.07, 6.45) is 4.20. The standard InChI is InChI=1S/C15H21N/c1-10-4-3-5-11(2)15(10)14-8-12(14)9-16-13-6-7-13/h3-5,12-14,16H,6-9H2,1-2H3. The van der Waals surface area contributed by atoms with E-state index < -0.39 is 0 Å². The predicted octanol–water partition coefficient (Wildman–Crippen LogP) is 3.16. The fourth-order valence-electron chi connectivity index (χ4n) is 2.84. The Hall–Kier alpha value is -0.820. The van der Waals surface area contributed by atoms with Crippen LogP contribution in [0.15, 0.2) is 18.2 Å². The fourth-order valence-corrected chi connectivity index (χ4v) is 2.84. The van der Waals surface area contributed by atoms with Gasteiger partial charge in [-0.25, -0.2) is 0 Å². The second kappa shape index (κ2) is 3.89. The van der Waals surface area contributed by atoms with Crippen LogP contribution in [0.25, 0.3) is 0 Å². The van der Waals surface area contributed by atoms with Crippen molar-refractivity contribution in [1.29, 1.82) is 0 Å². The average molecular weight is 215 g/mol. The van der Waals surface area contributed by atoms with Crippen LogP contribution >= 0.6 is 0 Å². The topological polar surface area (TPSA) is 12.0 Å². The number of nitrogens with one attached hydrogen (secondary N) is 1. The summed E-state index contributed by atoms with van der Waals surface area (Å²) in [5.41, 5.74) is 4.60. The molecular formula is C15H21N. The second-order valence-electron chi connectivity index (χ2n) is 5.59. The lowest BCUT2D eigenvalue weighted by Crippen LogP contribution is -2.19. The molecule has 2 fully saturated rings. The van der Waals surface area contributed by atoms with Gasteiger partial charge in [-0.2, -0.15) is 0 Å². The molecule has 0 radical (unpaired) electrons. The van der Waals surface area contributed by atoms with Crippen molar-refractivity contribution in [1.82, 2.24) is 5.32 Å². The molecule has 16 heavy (non-hydrogen) atoms. The van der Waals surface area contributed by atoms with E-state index in [2.05, 4.69) is 37.4 Å². The van der Waals surface area contributed by atoms with Crippen molar-refractivity contribution >= 4 is 0 Å². The third-order valence-electron chi connectivity index (χ3n) is 4.08. The molecule has 2 atom stereocenters. The van der Waals surface area contributed by atoms with Crippen LogP contribution in [0, 0.1) is 19.8 Å². The number of hydrogen-bond donors (Lipinski definition) is 1. The number of aryl methyl sites for hydroxylation is 2. The first-order chi connectivity index (χ1) is 7.75. The molecule has 1 nitrogen and oxygen atoms in total. The molecule has 1 aromatic rings. The van der Waals surface area contributed by atoms with E-state index in [1.54, 1.807) is 5.56 Å². The average Bonchev–Trinajstić information content (AvgIpc) is 3.11. The van der Waals surface area contributed by atoms with Crippen molar-refractivity contribution in [2.24, 2.45) is 5.92 Å². The van der Waals surface area contributed by atoms with Gasteiger partial charge < -0.3 is 5.32 Å². The highest BCUT2D eigenvalue weighted by Gasteiger charge is 2.40. The van der Waals surface area contributed by atoms with E-state index >= 15 is 0 Å². The molecule has 0 spiro atoms. The van der Waals surface area contributed by atoms with Crippen LogP contribution in [0.4, 0.5) is 0 Å². The van der Waals surface area contributed by atoms with Crippen LogP contribution in [-0.2, 0) is 0 Å². The van der Waals surface area contributed by atoms with E-state index in [1.807, 2.05) is 0 Å². The molecule has 1 aromatic carbocycles. The summed E-state index contributed by atoms with van der Waals surface area (Å²) in [6, 6.07) is 7.55. The second-order valence-corrected chi connectivity index (χ2v) is 5.59. The number of hydrogen-bond acceptors (Lipinski definition) is 1. The Bertz CT molecular complexity index is 372. The van der Waals surface area contributed by atoms with E-state index in [0.717, 1.165) is 17.9 Å². The van der Waals surface area contributed by atoms with Crippen molar-refractivity contribution < 1.29 is 0 Å². The zero-order chi connectivity index (χ0) is 11.1. The molecule has 0 amide bonds. The summed E-state index contributed by atoms with van der Waals surface area (Å²) < 4.78 is 0. The van der Waals surface area contributed by atoms with Gasteiger partial charge in [0.05, 0.1) is 0 Å². The molecule has 2 aliphatic rings. The summed E-state index contributed by atoms with van der Waals surface area (Å²) in [5, 5.41) is 3.66. The molecule has 0 bridgehead atoms. The summed E-state index contributed by atoms with van der Waals surface area (Å²) in [6.45, 7) is 5.75. The molecule has 2 unspecified atom stereocenters. The van der Waals surface area contributed by atoms with Gasteiger partial charge in [-0.3, -0.25) is 0 Å². The fraction of sp³-hybridized carbons (Fsp3) is 0.600. The maximum atomic E-state index is 3.66. The first kappa shape index (κ1) is 10.3. The highest BCUT2D eigenvalue weighted by Crippen LogP contribution is 2.49. The van der Waals surface area contributed by atoms with Gasteiger partial charge in [0.15, 0.2) is 0 Å². The van der Waals surface area contributed by atoms with E-state index in [4.69, 9.17) is 0 Å². The van der Waals surface area contributed by atoms with Gasteiger partial charge >= 0.3 is 0 Å². The molecule has 1 N–H and O–H groups in total. The van der Waals surface area contributed by atoms with Crippen LogP contribution in [0.5, 0.6) is 0 Å². The van der Waals surface area contributed by atoms with Gasteiger partial charge in [-0.05, 0) is 68.2 Å². The molecule has 1 heteroatoms. The quantitative estimate of drug-likeness (QED) is 0.813. The van der Waals surface area contributed by atoms with Gasteiger partial charge in [0.2, 0.25) is 0 Å². The van der Waals surface area contributed by atoms with Crippen LogP contribution in [0.2, 0.25) is 0 Å². The normalized spacial score (nSPS) is 28.1. The zero-order valence-corrected chi connectivity index (χ0v) is 10.3.